The number of aliphatic hydroxyl groups is 1. The topological polar surface area (TPSA) is 46.2 Å². The monoisotopic (exact) mass is 169 g/mol. The van der Waals surface area contributed by atoms with Crippen molar-refractivity contribution in [3.05, 3.63) is 0 Å². The van der Waals surface area contributed by atoms with Gasteiger partial charge in [-0.1, -0.05) is 6.42 Å². The Morgan fingerprint density at radius 1 is 1.17 bits per heavy atom. The first kappa shape index (κ1) is 8.52. The molecule has 2 heteroatoms. The van der Waals surface area contributed by atoms with E-state index in [0.717, 1.165) is 19.3 Å². The summed E-state index contributed by atoms with van der Waals surface area (Å²) < 4.78 is 0. The Balaban J connectivity index is 1.97. The third-order valence-corrected chi connectivity index (χ3v) is 3.62. The van der Waals surface area contributed by atoms with Gasteiger partial charge in [0, 0.05) is 0 Å². The van der Waals surface area contributed by atoms with Crippen molar-refractivity contribution in [1.82, 2.24) is 0 Å². The highest BCUT2D eigenvalue weighted by molar-refractivity contribution is 5.02. The summed E-state index contributed by atoms with van der Waals surface area (Å²) >= 11 is 0. The van der Waals surface area contributed by atoms with E-state index in [0.29, 0.717) is 12.0 Å². The zero-order chi connectivity index (χ0) is 8.66. The molecule has 12 heavy (non-hydrogen) atoms. The Morgan fingerprint density at radius 3 is 2.50 bits per heavy atom. The minimum Gasteiger partial charge on any atom is -0.390 e. The van der Waals surface area contributed by atoms with Gasteiger partial charge in [0.05, 0.1) is 5.60 Å². The standard InChI is InChI=1S/C10H19NO/c11-7-6-10(12)3-1-2-9(8-10)4-5-9/h12H,1-8,11H2. The van der Waals surface area contributed by atoms with Crippen LogP contribution in [-0.2, 0) is 0 Å². The molecule has 0 aromatic carbocycles. The van der Waals surface area contributed by atoms with Crippen molar-refractivity contribution < 1.29 is 5.11 Å². The number of hydrogen-bond donors (Lipinski definition) is 2. The minimum atomic E-state index is -0.399. The molecule has 2 aliphatic rings. The molecule has 0 saturated heterocycles. The van der Waals surface area contributed by atoms with Crippen LogP contribution in [0.5, 0.6) is 0 Å². The molecule has 0 bridgehead atoms. The zero-order valence-electron chi connectivity index (χ0n) is 7.68. The normalized spacial score (nSPS) is 38.5. The highest BCUT2D eigenvalue weighted by atomic mass is 16.3. The largest absolute Gasteiger partial charge is 0.390 e. The van der Waals surface area contributed by atoms with Gasteiger partial charge in [0.15, 0.2) is 0 Å². The Hall–Kier alpha value is -0.0800. The summed E-state index contributed by atoms with van der Waals surface area (Å²) in [7, 11) is 0. The van der Waals surface area contributed by atoms with E-state index in [1.165, 1.54) is 25.7 Å². The first-order valence-electron chi connectivity index (χ1n) is 5.11. The molecule has 0 aliphatic heterocycles. The van der Waals surface area contributed by atoms with Gasteiger partial charge in [-0.15, -0.1) is 0 Å². The number of rotatable bonds is 2. The molecule has 1 spiro atoms. The minimum absolute atomic E-state index is 0.399. The summed E-state index contributed by atoms with van der Waals surface area (Å²) in [4.78, 5) is 0. The SMILES string of the molecule is NCCC1(O)CCCC2(CC2)C1. The second-order valence-electron chi connectivity index (χ2n) is 4.79. The highest BCUT2D eigenvalue weighted by Crippen LogP contribution is 2.58. The van der Waals surface area contributed by atoms with Gasteiger partial charge < -0.3 is 10.8 Å². The lowest BCUT2D eigenvalue weighted by Crippen LogP contribution is -2.37. The zero-order valence-corrected chi connectivity index (χ0v) is 7.68. The van der Waals surface area contributed by atoms with Crippen LogP contribution < -0.4 is 5.73 Å². The molecule has 0 aromatic heterocycles. The molecular formula is C10H19NO. The van der Waals surface area contributed by atoms with Gasteiger partial charge in [-0.25, -0.2) is 0 Å². The average molecular weight is 169 g/mol. The Kier molecular flexibility index (Phi) is 1.92. The van der Waals surface area contributed by atoms with E-state index in [4.69, 9.17) is 5.73 Å². The van der Waals surface area contributed by atoms with Crippen LogP contribution in [0.4, 0.5) is 0 Å². The third kappa shape index (κ3) is 1.50. The summed E-state index contributed by atoms with van der Waals surface area (Å²) in [5, 5.41) is 10.2. The van der Waals surface area contributed by atoms with Crippen LogP contribution in [0.2, 0.25) is 0 Å². The lowest BCUT2D eigenvalue weighted by atomic mass is 9.74. The van der Waals surface area contributed by atoms with Crippen LogP contribution in [0.15, 0.2) is 0 Å². The van der Waals surface area contributed by atoms with Crippen molar-refractivity contribution in [2.45, 2.75) is 50.5 Å². The Morgan fingerprint density at radius 2 is 1.92 bits per heavy atom. The molecule has 2 nitrogen and oxygen atoms in total. The maximum atomic E-state index is 10.2. The molecule has 2 saturated carbocycles. The van der Waals surface area contributed by atoms with Crippen LogP contribution in [0, 0.1) is 5.41 Å². The maximum Gasteiger partial charge on any atom is 0.0665 e. The van der Waals surface area contributed by atoms with Crippen molar-refractivity contribution >= 4 is 0 Å². The van der Waals surface area contributed by atoms with Gasteiger partial charge in [0.2, 0.25) is 0 Å². The van der Waals surface area contributed by atoms with E-state index in [2.05, 4.69) is 0 Å². The number of nitrogens with two attached hydrogens (primary N) is 1. The van der Waals surface area contributed by atoms with E-state index in [1.54, 1.807) is 0 Å². The molecule has 2 aliphatic carbocycles. The van der Waals surface area contributed by atoms with Crippen molar-refractivity contribution in [2.75, 3.05) is 6.54 Å². The van der Waals surface area contributed by atoms with Crippen molar-refractivity contribution in [3.63, 3.8) is 0 Å². The second-order valence-corrected chi connectivity index (χ2v) is 4.79. The van der Waals surface area contributed by atoms with Gasteiger partial charge in [-0.2, -0.15) is 0 Å². The molecule has 1 unspecified atom stereocenters. The first-order chi connectivity index (χ1) is 5.68. The quantitative estimate of drug-likeness (QED) is 0.656. The first-order valence-corrected chi connectivity index (χ1v) is 5.11. The van der Waals surface area contributed by atoms with E-state index in [1.807, 2.05) is 0 Å². The molecular weight excluding hydrogens is 150 g/mol. The highest BCUT2D eigenvalue weighted by Gasteiger charge is 2.50. The fourth-order valence-corrected chi connectivity index (χ4v) is 2.75. The molecule has 3 N–H and O–H groups in total. The molecule has 0 radical (unpaired) electrons. The molecule has 70 valence electrons. The predicted octanol–water partition coefficient (Wildman–Crippen LogP) is 1.42. The second kappa shape index (κ2) is 2.71. The third-order valence-electron chi connectivity index (χ3n) is 3.62. The van der Waals surface area contributed by atoms with E-state index in [9.17, 15) is 5.11 Å². The maximum absolute atomic E-state index is 10.2. The average Bonchev–Trinajstić information content (AvgIpc) is 2.68. The summed E-state index contributed by atoms with van der Waals surface area (Å²) in [6, 6.07) is 0. The molecule has 0 amide bonds. The summed E-state index contributed by atoms with van der Waals surface area (Å²) in [5.41, 5.74) is 5.65. The van der Waals surface area contributed by atoms with E-state index >= 15 is 0 Å². The molecule has 1 atom stereocenters. The number of hydrogen-bond acceptors (Lipinski definition) is 2. The molecule has 2 rings (SSSR count). The lowest BCUT2D eigenvalue weighted by Gasteiger charge is -2.37. The smallest absolute Gasteiger partial charge is 0.0665 e. The van der Waals surface area contributed by atoms with Crippen LogP contribution in [-0.4, -0.2) is 17.3 Å². The van der Waals surface area contributed by atoms with E-state index < -0.39 is 5.60 Å². The van der Waals surface area contributed by atoms with Crippen LogP contribution >= 0.6 is 0 Å². The van der Waals surface area contributed by atoms with Crippen molar-refractivity contribution in [3.8, 4) is 0 Å². The van der Waals surface area contributed by atoms with Gasteiger partial charge >= 0.3 is 0 Å². The lowest BCUT2D eigenvalue weighted by molar-refractivity contribution is -0.0269. The predicted molar refractivity (Wildman–Crippen MR) is 48.8 cm³/mol. The Labute approximate surface area is 74.1 Å². The molecule has 0 heterocycles. The van der Waals surface area contributed by atoms with Gasteiger partial charge in [0.25, 0.3) is 0 Å². The van der Waals surface area contributed by atoms with Crippen molar-refractivity contribution in [2.24, 2.45) is 11.1 Å². The van der Waals surface area contributed by atoms with Crippen LogP contribution in [0.3, 0.4) is 0 Å². The summed E-state index contributed by atoms with van der Waals surface area (Å²) in [6.45, 7) is 0.632. The molecule has 0 aromatic rings. The fourth-order valence-electron chi connectivity index (χ4n) is 2.75. The van der Waals surface area contributed by atoms with Crippen LogP contribution in [0.25, 0.3) is 0 Å². The molecule has 2 fully saturated rings. The fraction of sp³-hybridized carbons (Fsp3) is 1.00. The van der Waals surface area contributed by atoms with Crippen molar-refractivity contribution in [1.29, 1.82) is 0 Å². The van der Waals surface area contributed by atoms with Crippen LogP contribution in [0.1, 0.15) is 44.9 Å². The summed E-state index contributed by atoms with van der Waals surface area (Å²) in [6.07, 6.45) is 8.05. The van der Waals surface area contributed by atoms with Gasteiger partial charge in [0.1, 0.15) is 0 Å². The summed E-state index contributed by atoms with van der Waals surface area (Å²) in [5.74, 6) is 0. The van der Waals surface area contributed by atoms with Gasteiger partial charge in [-0.3, -0.25) is 0 Å². The van der Waals surface area contributed by atoms with Gasteiger partial charge in [-0.05, 0) is 50.5 Å². The Bertz CT molecular complexity index is 173. The van der Waals surface area contributed by atoms with E-state index in [-0.39, 0.29) is 0 Å².